The van der Waals surface area contributed by atoms with Crippen molar-refractivity contribution < 1.29 is 18.3 Å². The van der Waals surface area contributed by atoms with Gasteiger partial charge in [0.1, 0.15) is 18.2 Å². The van der Waals surface area contributed by atoms with Crippen molar-refractivity contribution in [2.24, 2.45) is 0 Å². The molecule has 0 saturated carbocycles. The second kappa shape index (κ2) is 21.5. The summed E-state index contributed by atoms with van der Waals surface area (Å²) in [6.45, 7) is 5.07. The van der Waals surface area contributed by atoms with E-state index in [0.717, 1.165) is 12.8 Å². The fraction of sp³-hybridized carbons (Fsp3) is 0.828. The highest BCUT2D eigenvalue weighted by Gasteiger charge is 2.24. The van der Waals surface area contributed by atoms with Crippen molar-refractivity contribution in [3.63, 3.8) is 0 Å². The Balaban J connectivity index is 1.42. The zero-order valence-electron chi connectivity index (χ0n) is 25.2. The number of anilines is 1. The van der Waals surface area contributed by atoms with Gasteiger partial charge in [0.2, 0.25) is 0 Å². The second-order valence-corrected chi connectivity index (χ2v) is 14.0. The van der Waals surface area contributed by atoms with Gasteiger partial charge in [-0.2, -0.15) is 11.8 Å². The van der Waals surface area contributed by atoms with Crippen LogP contribution in [-0.2, 0) is 24.9 Å². The van der Waals surface area contributed by atoms with Crippen LogP contribution in [0.3, 0.4) is 0 Å². The van der Waals surface area contributed by atoms with E-state index in [4.69, 9.17) is 19.5 Å². The summed E-state index contributed by atoms with van der Waals surface area (Å²) in [6, 6.07) is 0. The summed E-state index contributed by atoms with van der Waals surface area (Å²) in [5, 5.41) is 0. The third-order valence-electron chi connectivity index (χ3n) is 7.04. The predicted octanol–water partition coefficient (Wildman–Crippen LogP) is 8.23. The van der Waals surface area contributed by atoms with Gasteiger partial charge in [-0.1, -0.05) is 84.0 Å². The van der Waals surface area contributed by atoms with E-state index in [1.165, 1.54) is 108 Å². The fourth-order valence-electron chi connectivity index (χ4n) is 4.56. The van der Waals surface area contributed by atoms with E-state index in [-0.39, 0.29) is 12.5 Å². The molecule has 40 heavy (non-hydrogen) atoms. The second-order valence-electron chi connectivity index (χ2n) is 10.6. The molecule has 0 aliphatic heterocycles. The summed E-state index contributed by atoms with van der Waals surface area (Å²) >= 11 is 2.13. The van der Waals surface area contributed by atoms with Crippen LogP contribution >= 0.6 is 19.4 Å². The lowest BCUT2D eigenvalue weighted by molar-refractivity contribution is 0.0687. The molecule has 0 aromatic carbocycles. The lowest BCUT2D eigenvalue weighted by Crippen LogP contribution is -2.18. The molecule has 0 bridgehead atoms. The zero-order valence-corrected chi connectivity index (χ0v) is 26.9. The van der Waals surface area contributed by atoms with Crippen LogP contribution < -0.4 is 5.73 Å². The smallest absolute Gasteiger partial charge is 0.355 e. The summed E-state index contributed by atoms with van der Waals surface area (Å²) in [5.74, 6) is 2.98. The van der Waals surface area contributed by atoms with Gasteiger partial charge in [-0.3, -0.25) is 4.57 Å². The quantitative estimate of drug-likeness (QED) is 0.0843. The van der Waals surface area contributed by atoms with Crippen LogP contribution in [0.4, 0.5) is 5.82 Å². The van der Waals surface area contributed by atoms with Crippen LogP contribution in [0.1, 0.15) is 110 Å². The first kappa shape index (κ1) is 35.0. The summed E-state index contributed by atoms with van der Waals surface area (Å²) in [5.41, 5.74) is 7.05. The van der Waals surface area contributed by atoms with E-state index in [1.54, 1.807) is 6.33 Å². The Morgan fingerprint density at radius 3 is 2.12 bits per heavy atom. The third-order valence-corrected chi connectivity index (χ3v) is 9.79. The molecule has 11 heteroatoms. The lowest BCUT2D eigenvalue weighted by atomic mass is 10.1. The Hall–Kier alpha value is -1.19. The zero-order chi connectivity index (χ0) is 28.9. The molecule has 0 spiro atoms. The van der Waals surface area contributed by atoms with E-state index in [1.807, 2.05) is 11.5 Å². The molecule has 2 aromatic rings. The van der Waals surface area contributed by atoms with Crippen molar-refractivity contribution in [2.75, 3.05) is 37.3 Å². The van der Waals surface area contributed by atoms with Gasteiger partial charge in [-0.05, 0) is 37.7 Å². The Morgan fingerprint density at radius 2 is 1.50 bits per heavy atom. The molecule has 2 N–H and O–H groups in total. The number of hydrogen-bond donors (Lipinski definition) is 1. The average molecular weight is 600 g/mol. The summed E-state index contributed by atoms with van der Waals surface area (Å²) in [7, 11) is -1.88. The SMILES string of the molecule is CCCCCCCCCCSCCCCCCCCCOP(=O)(CO[C@H](C)Cn1cnc2c(N)ncnc21)OC. The maximum Gasteiger partial charge on any atom is 0.355 e. The van der Waals surface area contributed by atoms with Crippen molar-refractivity contribution in [1.82, 2.24) is 19.5 Å². The van der Waals surface area contributed by atoms with Gasteiger partial charge in [0.15, 0.2) is 11.5 Å². The molecule has 230 valence electrons. The molecular formula is C29H54N5O4PS. The molecule has 2 atom stereocenters. The number of thioether (sulfide) groups is 1. The number of ether oxygens (including phenoxy) is 1. The van der Waals surface area contributed by atoms with Gasteiger partial charge in [0.05, 0.1) is 25.6 Å². The predicted molar refractivity (Wildman–Crippen MR) is 168 cm³/mol. The molecule has 0 saturated heterocycles. The van der Waals surface area contributed by atoms with Gasteiger partial charge in [-0.25, -0.2) is 15.0 Å². The lowest BCUT2D eigenvalue weighted by Gasteiger charge is -2.20. The monoisotopic (exact) mass is 599 g/mol. The Morgan fingerprint density at radius 1 is 0.900 bits per heavy atom. The largest absolute Gasteiger partial charge is 0.382 e. The van der Waals surface area contributed by atoms with Crippen LogP contribution in [0, 0.1) is 0 Å². The van der Waals surface area contributed by atoms with Crippen molar-refractivity contribution >= 4 is 36.3 Å². The molecule has 0 aliphatic rings. The van der Waals surface area contributed by atoms with E-state index in [9.17, 15) is 4.57 Å². The molecule has 1 unspecified atom stereocenters. The van der Waals surface area contributed by atoms with Crippen LogP contribution in [0.2, 0.25) is 0 Å². The normalized spacial score (nSPS) is 14.1. The third kappa shape index (κ3) is 14.6. The molecular weight excluding hydrogens is 545 g/mol. The minimum absolute atomic E-state index is 0.0918. The van der Waals surface area contributed by atoms with Gasteiger partial charge in [-0.15, -0.1) is 0 Å². The molecule has 2 heterocycles. The molecule has 0 fully saturated rings. The van der Waals surface area contributed by atoms with Crippen molar-refractivity contribution in [3.05, 3.63) is 12.7 Å². The van der Waals surface area contributed by atoms with Crippen LogP contribution in [0.5, 0.6) is 0 Å². The Labute approximate surface area is 246 Å². The van der Waals surface area contributed by atoms with E-state index >= 15 is 0 Å². The number of unbranched alkanes of at least 4 members (excludes halogenated alkanes) is 13. The minimum Gasteiger partial charge on any atom is -0.382 e. The van der Waals surface area contributed by atoms with E-state index in [0.29, 0.717) is 30.1 Å². The average Bonchev–Trinajstić information content (AvgIpc) is 3.37. The highest BCUT2D eigenvalue weighted by Crippen LogP contribution is 2.47. The van der Waals surface area contributed by atoms with Gasteiger partial charge in [0, 0.05) is 7.11 Å². The van der Waals surface area contributed by atoms with E-state index < -0.39 is 7.60 Å². The molecule has 0 amide bonds. The summed E-state index contributed by atoms with van der Waals surface area (Å²) in [6.07, 6.45) is 22.3. The van der Waals surface area contributed by atoms with E-state index in [2.05, 4.69) is 33.6 Å². The maximum absolute atomic E-state index is 12.9. The Kier molecular flexibility index (Phi) is 18.8. The van der Waals surface area contributed by atoms with Crippen LogP contribution in [0.15, 0.2) is 12.7 Å². The fourth-order valence-corrected chi connectivity index (χ4v) is 6.71. The number of nitrogens with two attached hydrogens (primary N) is 1. The highest BCUT2D eigenvalue weighted by atomic mass is 32.2. The number of rotatable bonds is 26. The van der Waals surface area contributed by atoms with Crippen molar-refractivity contribution in [2.45, 2.75) is 123 Å². The number of hydrogen-bond acceptors (Lipinski definition) is 9. The van der Waals surface area contributed by atoms with Gasteiger partial charge < -0.3 is 24.1 Å². The highest BCUT2D eigenvalue weighted by molar-refractivity contribution is 7.99. The first-order valence-electron chi connectivity index (χ1n) is 15.4. The molecule has 2 rings (SSSR count). The topological polar surface area (TPSA) is 114 Å². The van der Waals surface area contributed by atoms with Crippen molar-refractivity contribution in [1.29, 1.82) is 0 Å². The Bertz CT molecular complexity index is 964. The number of aromatic nitrogens is 4. The van der Waals surface area contributed by atoms with Crippen LogP contribution in [0.25, 0.3) is 11.2 Å². The summed E-state index contributed by atoms with van der Waals surface area (Å²) in [4.78, 5) is 12.5. The first-order chi connectivity index (χ1) is 19.5. The van der Waals surface area contributed by atoms with Crippen molar-refractivity contribution in [3.8, 4) is 0 Å². The number of nitrogens with zero attached hydrogens (tertiary/aromatic N) is 4. The molecule has 0 radical (unpaired) electrons. The number of imidazole rings is 1. The first-order valence-corrected chi connectivity index (χ1v) is 18.3. The maximum atomic E-state index is 12.9. The van der Waals surface area contributed by atoms with Gasteiger partial charge in [0.25, 0.3) is 0 Å². The molecule has 0 aliphatic carbocycles. The standard InChI is InChI=1S/C29H54N5O4PS/c1-4-5-6-7-8-11-14-17-20-40-21-18-15-12-9-10-13-16-19-38-39(35,36-3)25-37-26(2)22-34-24-33-27-28(30)31-23-32-29(27)34/h23-24,26H,4-22,25H2,1-3H3,(H2,30,31,32)/t26-,39?/m1/s1. The summed E-state index contributed by atoms with van der Waals surface area (Å²) < 4.78 is 31.4. The molecule has 2 aromatic heterocycles. The number of fused-ring (bicyclic) bond motifs is 1. The minimum atomic E-state index is -3.29. The number of nitrogen functional groups attached to an aromatic ring is 1. The molecule has 9 nitrogen and oxygen atoms in total. The van der Waals surface area contributed by atoms with Crippen LogP contribution in [-0.4, -0.2) is 57.2 Å². The van der Waals surface area contributed by atoms with Gasteiger partial charge >= 0.3 is 7.60 Å².